The van der Waals surface area contributed by atoms with E-state index >= 15 is 0 Å². The molecule has 12 bridgehead atoms. The van der Waals surface area contributed by atoms with Gasteiger partial charge in [-0.3, -0.25) is 20.0 Å². The van der Waals surface area contributed by atoms with E-state index in [9.17, 15) is 20.4 Å². The molecule has 0 atom stereocenters. The molecule has 0 spiro atoms. The van der Waals surface area contributed by atoms with Gasteiger partial charge in [0.1, 0.15) is 23.0 Å². The van der Waals surface area contributed by atoms with Crippen LogP contribution in [0.5, 0.6) is 23.0 Å². The molecule has 4 N–H and O–H groups in total. The van der Waals surface area contributed by atoms with Crippen molar-refractivity contribution >= 4 is 47.6 Å². The van der Waals surface area contributed by atoms with Crippen molar-refractivity contribution in [1.82, 2.24) is 0 Å². The summed E-state index contributed by atoms with van der Waals surface area (Å²) in [5, 5.41) is 44.5. The van der Waals surface area contributed by atoms with Gasteiger partial charge in [-0.15, -0.1) is 0 Å². The Morgan fingerprint density at radius 3 is 0.750 bits per heavy atom. The van der Waals surface area contributed by atoms with Crippen molar-refractivity contribution in [2.45, 2.75) is 25.7 Å². The second kappa shape index (κ2) is 16.8. The summed E-state index contributed by atoms with van der Waals surface area (Å²) in [6.07, 6.45) is 8.12. The van der Waals surface area contributed by atoms with Gasteiger partial charge in [0.2, 0.25) is 0 Å². The van der Waals surface area contributed by atoms with E-state index < -0.39 is 0 Å². The van der Waals surface area contributed by atoms with Gasteiger partial charge >= 0.3 is 0 Å². The maximum atomic E-state index is 11.1. The standard InChI is InChI=1S/C48H40N4O4/c1-31-23-33-7-3-11-37(45(33)53)27-49-41-15-19-43(20-16-41)51-29-39-13-5-9-35(47(39)55)25-32(2)26-36-10-6-14-40(48(36)56)30-52-44-21-17-42(18-22-44)50-28-38-12-4-8-34(24-31)46(38)54/h3-22,27-30,53-56H,1-2,23-26H2. The SMILES string of the molecule is C=C1Cc2cccc(c2O)C=Nc2ccc(cc2)N=Cc2cccc(c2O)CC(=C)Cc2cccc(c2O)C=Nc2ccc(cc2)N=Cc2cccc(c2O)C1. The summed E-state index contributed by atoms with van der Waals surface area (Å²) in [6, 6.07) is 36.7. The molecule has 4 aliphatic heterocycles. The minimum atomic E-state index is 0.121. The quantitative estimate of drug-likeness (QED) is 0.116. The van der Waals surface area contributed by atoms with Gasteiger partial charge < -0.3 is 20.4 Å². The fourth-order valence-corrected chi connectivity index (χ4v) is 6.46. The highest BCUT2D eigenvalue weighted by molar-refractivity contribution is 5.89. The Morgan fingerprint density at radius 2 is 0.536 bits per heavy atom. The largest absolute Gasteiger partial charge is 0.507 e. The van der Waals surface area contributed by atoms with Gasteiger partial charge in [0.15, 0.2) is 0 Å². The molecule has 0 saturated heterocycles. The highest BCUT2D eigenvalue weighted by Crippen LogP contribution is 2.31. The molecule has 0 aromatic heterocycles. The minimum Gasteiger partial charge on any atom is -0.507 e. The number of aliphatic imine (C=N–C) groups is 4. The molecule has 8 nitrogen and oxygen atoms in total. The van der Waals surface area contributed by atoms with Gasteiger partial charge in [-0.2, -0.15) is 0 Å². The van der Waals surface area contributed by atoms with Crippen molar-refractivity contribution in [3.8, 4) is 23.0 Å². The lowest BCUT2D eigenvalue weighted by atomic mass is 9.96. The summed E-state index contributed by atoms with van der Waals surface area (Å²) < 4.78 is 0. The smallest absolute Gasteiger partial charge is 0.127 e. The van der Waals surface area contributed by atoms with Crippen LogP contribution in [-0.2, 0) is 25.7 Å². The number of para-hydroxylation sites is 4. The number of rotatable bonds is 0. The summed E-state index contributed by atoms with van der Waals surface area (Å²) in [4.78, 5) is 18.3. The van der Waals surface area contributed by atoms with Crippen molar-refractivity contribution in [3.05, 3.63) is 190 Å². The van der Waals surface area contributed by atoms with Crippen LogP contribution in [0.3, 0.4) is 0 Å². The Hall–Kier alpha value is -7.32. The molecule has 0 amide bonds. The average Bonchev–Trinajstić information content (AvgIpc) is 3.20. The summed E-state index contributed by atoms with van der Waals surface area (Å²) in [5.41, 5.74) is 9.42. The zero-order valence-corrected chi connectivity index (χ0v) is 30.7. The number of hydrogen-bond donors (Lipinski definition) is 4. The molecule has 0 saturated carbocycles. The molecular formula is C48H40N4O4. The first-order chi connectivity index (χ1) is 27.2. The lowest BCUT2D eigenvalue weighted by Gasteiger charge is -2.12. The van der Waals surface area contributed by atoms with Crippen LogP contribution in [0, 0.1) is 0 Å². The second-order valence-corrected chi connectivity index (χ2v) is 13.7. The number of phenolic OH excluding ortho intramolecular Hbond substituents is 4. The van der Waals surface area contributed by atoms with Crippen molar-refractivity contribution in [3.63, 3.8) is 0 Å². The van der Waals surface area contributed by atoms with Gasteiger partial charge in [0.05, 0.1) is 22.7 Å². The Bertz CT molecular complexity index is 2200. The summed E-state index contributed by atoms with van der Waals surface area (Å²) in [5.74, 6) is 0.482. The molecule has 10 rings (SSSR count). The number of allylic oxidation sites excluding steroid dienone is 2. The maximum Gasteiger partial charge on any atom is 0.127 e. The first-order valence-electron chi connectivity index (χ1n) is 18.1. The number of nitrogens with zero attached hydrogens (tertiary/aromatic N) is 4. The van der Waals surface area contributed by atoms with E-state index in [0.717, 1.165) is 11.1 Å². The van der Waals surface area contributed by atoms with Crippen LogP contribution in [0.2, 0.25) is 0 Å². The third-order valence-electron chi connectivity index (χ3n) is 9.48. The number of phenols is 4. The highest BCUT2D eigenvalue weighted by atomic mass is 16.3. The number of hydrogen-bond acceptors (Lipinski definition) is 8. The fourth-order valence-electron chi connectivity index (χ4n) is 6.46. The van der Waals surface area contributed by atoms with Gasteiger partial charge in [-0.1, -0.05) is 72.8 Å². The predicted molar refractivity (Wildman–Crippen MR) is 227 cm³/mol. The minimum absolute atomic E-state index is 0.121. The van der Waals surface area contributed by atoms with E-state index in [1.54, 1.807) is 49.1 Å². The van der Waals surface area contributed by atoms with E-state index in [-0.39, 0.29) is 23.0 Å². The normalized spacial score (nSPS) is 13.5. The maximum absolute atomic E-state index is 11.1. The van der Waals surface area contributed by atoms with Crippen molar-refractivity contribution < 1.29 is 20.4 Å². The van der Waals surface area contributed by atoms with Crippen molar-refractivity contribution in [2.24, 2.45) is 20.0 Å². The van der Waals surface area contributed by atoms with Gasteiger partial charge in [-0.25, -0.2) is 0 Å². The van der Waals surface area contributed by atoms with Gasteiger partial charge in [-0.05, 0) is 121 Å². The summed E-state index contributed by atoms with van der Waals surface area (Å²) >= 11 is 0. The van der Waals surface area contributed by atoms with Crippen LogP contribution < -0.4 is 0 Å². The summed E-state index contributed by atoms with van der Waals surface area (Å²) in [6.45, 7) is 8.49. The molecule has 0 unspecified atom stereocenters. The molecule has 6 aromatic carbocycles. The van der Waals surface area contributed by atoms with Crippen LogP contribution in [0.1, 0.15) is 44.5 Å². The Kier molecular flexibility index (Phi) is 11.1. The molecule has 4 heterocycles. The average molecular weight is 737 g/mol. The van der Waals surface area contributed by atoms with E-state index in [2.05, 4.69) is 33.1 Å². The van der Waals surface area contributed by atoms with Gasteiger partial charge in [0.25, 0.3) is 0 Å². The predicted octanol–water partition coefficient (Wildman–Crippen LogP) is 10.5. The molecule has 56 heavy (non-hydrogen) atoms. The zero-order chi connectivity index (χ0) is 39.0. The fraction of sp³-hybridized carbons (Fsp3) is 0.0833. The second-order valence-electron chi connectivity index (χ2n) is 13.7. The van der Waals surface area contributed by atoms with Crippen molar-refractivity contribution in [1.29, 1.82) is 0 Å². The van der Waals surface area contributed by atoms with Crippen LogP contribution >= 0.6 is 0 Å². The molecule has 8 heteroatoms. The van der Waals surface area contributed by atoms with E-state index in [1.165, 1.54) is 0 Å². The van der Waals surface area contributed by atoms with E-state index in [4.69, 9.17) is 0 Å². The molecule has 0 fully saturated rings. The van der Waals surface area contributed by atoms with Crippen LogP contribution in [-0.4, -0.2) is 45.3 Å². The molecule has 4 aliphatic rings. The number of benzene rings is 6. The van der Waals surface area contributed by atoms with Crippen LogP contribution in [0.25, 0.3) is 0 Å². The molecule has 276 valence electrons. The monoisotopic (exact) mass is 736 g/mol. The third kappa shape index (κ3) is 8.89. The molecule has 0 aliphatic carbocycles. The van der Waals surface area contributed by atoms with Crippen LogP contribution in [0.15, 0.2) is 166 Å². The zero-order valence-electron chi connectivity index (χ0n) is 30.7. The Balaban J connectivity index is 1.19. The Morgan fingerprint density at radius 1 is 0.321 bits per heavy atom. The van der Waals surface area contributed by atoms with Gasteiger partial charge in [0, 0.05) is 47.1 Å². The lowest BCUT2D eigenvalue weighted by molar-refractivity contribution is 0.466. The summed E-state index contributed by atoms with van der Waals surface area (Å²) in [7, 11) is 0. The molecule has 0 radical (unpaired) electrons. The third-order valence-corrected chi connectivity index (χ3v) is 9.48. The topological polar surface area (TPSA) is 130 Å². The molecule has 6 aromatic rings. The molecular weight excluding hydrogens is 697 g/mol. The number of aromatic hydroxyl groups is 4. The first-order valence-corrected chi connectivity index (χ1v) is 18.1. The highest BCUT2D eigenvalue weighted by Gasteiger charge is 2.13. The van der Waals surface area contributed by atoms with E-state index in [0.29, 0.717) is 92.9 Å². The van der Waals surface area contributed by atoms with E-state index in [1.807, 2.05) is 97.1 Å². The van der Waals surface area contributed by atoms with Crippen molar-refractivity contribution in [2.75, 3.05) is 0 Å². The first kappa shape index (κ1) is 37.0. The Labute approximate surface area is 325 Å². The lowest BCUT2D eigenvalue weighted by Crippen LogP contribution is -1.98. The van der Waals surface area contributed by atoms with Crippen LogP contribution in [0.4, 0.5) is 22.7 Å².